The number of ether oxygens (including phenoxy) is 1. The summed E-state index contributed by atoms with van der Waals surface area (Å²) >= 11 is 0. The number of hydrogen-bond acceptors (Lipinski definition) is 4. The van der Waals surface area contributed by atoms with Gasteiger partial charge in [-0.15, -0.1) is 0 Å². The third kappa shape index (κ3) is 3.87. The zero-order chi connectivity index (χ0) is 21.1. The van der Waals surface area contributed by atoms with Crippen LogP contribution in [0.2, 0.25) is 0 Å². The van der Waals surface area contributed by atoms with E-state index in [4.69, 9.17) is 9.72 Å². The summed E-state index contributed by atoms with van der Waals surface area (Å²) in [5.74, 6) is 0.443. The first kappa shape index (κ1) is 19.6. The first-order valence-corrected chi connectivity index (χ1v) is 9.83. The van der Waals surface area contributed by atoms with Crippen molar-refractivity contribution in [1.82, 2.24) is 15.3 Å². The SMILES string of the molecule is COc1cc(-c2cc(C(C)NC(=O)c3ccccc3C)c3ccccc3n2)ccn1. The van der Waals surface area contributed by atoms with E-state index in [-0.39, 0.29) is 11.9 Å². The number of aromatic nitrogens is 2. The quantitative estimate of drug-likeness (QED) is 0.509. The monoisotopic (exact) mass is 397 g/mol. The second-order valence-corrected chi connectivity index (χ2v) is 7.21. The number of nitrogens with zero attached hydrogens (tertiary/aromatic N) is 2. The number of rotatable bonds is 5. The van der Waals surface area contributed by atoms with Gasteiger partial charge < -0.3 is 10.1 Å². The Morgan fingerprint density at radius 3 is 2.60 bits per heavy atom. The zero-order valence-electron chi connectivity index (χ0n) is 17.2. The van der Waals surface area contributed by atoms with E-state index in [2.05, 4.69) is 10.3 Å². The van der Waals surface area contributed by atoms with Gasteiger partial charge in [-0.25, -0.2) is 9.97 Å². The van der Waals surface area contributed by atoms with E-state index in [0.29, 0.717) is 11.4 Å². The minimum absolute atomic E-state index is 0.0892. The zero-order valence-corrected chi connectivity index (χ0v) is 17.2. The standard InChI is InChI=1S/C25H23N3O2/c1-16-8-4-5-9-19(16)25(29)27-17(2)21-15-23(18-12-13-26-24(14-18)30-3)28-22-11-7-6-10-20(21)22/h4-15,17H,1-3H3,(H,27,29). The summed E-state index contributed by atoms with van der Waals surface area (Å²) < 4.78 is 5.26. The molecule has 0 spiro atoms. The summed E-state index contributed by atoms with van der Waals surface area (Å²) in [6.45, 7) is 3.94. The van der Waals surface area contributed by atoms with Gasteiger partial charge in [0.1, 0.15) is 0 Å². The average Bonchev–Trinajstić information content (AvgIpc) is 2.78. The van der Waals surface area contributed by atoms with Gasteiger partial charge in [-0.3, -0.25) is 4.79 Å². The predicted octanol–water partition coefficient (Wildman–Crippen LogP) is 5.10. The molecule has 5 heteroatoms. The highest BCUT2D eigenvalue weighted by atomic mass is 16.5. The van der Waals surface area contributed by atoms with Crippen LogP contribution in [0, 0.1) is 6.92 Å². The van der Waals surface area contributed by atoms with Gasteiger partial charge in [-0.1, -0.05) is 36.4 Å². The largest absolute Gasteiger partial charge is 0.481 e. The van der Waals surface area contributed by atoms with E-state index in [1.165, 1.54) is 0 Å². The molecular formula is C25H23N3O2. The topological polar surface area (TPSA) is 64.1 Å². The molecule has 2 aromatic heterocycles. The van der Waals surface area contributed by atoms with Crippen LogP contribution in [0.4, 0.5) is 0 Å². The molecule has 0 radical (unpaired) electrons. The first-order valence-electron chi connectivity index (χ1n) is 9.83. The molecular weight excluding hydrogens is 374 g/mol. The van der Waals surface area contributed by atoms with Gasteiger partial charge in [0.05, 0.1) is 24.4 Å². The van der Waals surface area contributed by atoms with Crippen LogP contribution in [0.3, 0.4) is 0 Å². The van der Waals surface area contributed by atoms with Gasteiger partial charge in [0, 0.05) is 28.8 Å². The summed E-state index contributed by atoms with van der Waals surface area (Å²) in [5, 5.41) is 4.16. The first-order chi connectivity index (χ1) is 14.6. The number of hydrogen-bond donors (Lipinski definition) is 1. The van der Waals surface area contributed by atoms with E-state index in [0.717, 1.165) is 33.3 Å². The van der Waals surface area contributed by atoms with Gasteiger partial charge in [-0.2, -0.15) is 0 Å². The predicted molar refractivity (Wildman–Crippen MR) is 119 cm³/mol. The Labute approximate surface area is 175 Å². The van der Waals surface area contributed by atoms with Crippen molar-refractivity contribution >= 4 is 16.8 Å². The number of carbonyl (C=O) groups is 1. The van der Waals surface area contributed by atoms with E-state index in [9.17, 15) is 4.79 Å². The minimum atomic E-state index is -0.201. The fraction of sp³-hybridized carbons (Fsp3) is 0.160. The van der Waals surface area contributed by atoms with Gasteiger partial charge in [-0.05, 0) is 49.2 Å². The number of fused-ring (bicyclic) bond motifs is 1. The Kier molecular flexibility index (Phi) is 5.44. The molecule has 0 aliphatic rings. The molecule has 4 aromatic rings. The number of pyridine rings is 2. The van der Waals surface area contributed by atoms with Crippen molar-refractivity contribution in [2.24, 2.45) is 0 Å². The molecule has 1 atom stereocenters. The van der Waals surface area contributed by atoms with Crippen LogP contribution in [-0.4, -0.2) is 23.0 Å². The number of amides is 1. The minimum Gasteiger partial charge on any atom is -0.481 e. The Bertz CT molecular complexity index is 1220. The smallest absolute Gasteiger partial charge is 0.252 e. The lowest BCUT2D eigenvalue weighted by atomic mass is 9.99. The number of benzene rings is 2. The summed E-state index contributed by atoms with van der Waals surface area (Å²) in [6, 6.07) is 21.1. The molecule has 150 valence electrons. The molecule has 0 saturated heterocycles. The van der Waals surface area contributed by atoms with Crippen LogP contribution in [0.15, 0.2) is 72.9 Å². The van der Waals surface area contributed by atoms with Crippen LogP contribution in [0.1, 0.15) is 34.5 Å². The highest BCUT2D eigenvalue weighted by Crippen LogP contribution is 2.29. The van der Waals surface area contributed by atoms with Gasteiger partial charge in [0.15, 0.2) is 0 Å². The molecule has 2 aromatic carbocycles. The van der Waals surface area contributed by atoms with Crippen molar-refractivity contribution in [3.8, 4) is 17.1 Å². The molecule has 1 N–H and O–H groups in total. The molecule has 30 heavy (non-hydrogen) atoms. The van der Waals surface area contributed by atoms with Crippen molar-refractivity contribution in [1.29, 1.82) is 0 Å². The third-order valence-corrected chi connectivity index (χ3v) is 5.19. The van der Waals surface area contributed by atoms with E-state index in [1.807, 2.05) is 80.6 Å². The Hall–Kier alpha value is -3.73. The van der Waals surface area contributed by atoms with Gasteiger partial charge in [0.2, 0.25) is 5.88 Å². The number of carbonyl (C=O) groups excluding carboxylic acids is 1. The number of para-hydroxylation sites is 1. The van der Waals surface area contributed by atoms with Gasteiger partial charge >= 0.3 is 0 Å². The Morgan fingerprint density at radius 1 is 1.03 bits per heavy atom. The van der Waals surface area contributed by atoms with Crippen molar-refractivity contribution < 1.29 is 9.53 Å². The second kappa shape index (κ2) is 8.33. The molecule has 5 nitrogen and oxygen atoms in total. The maximum Gasteiger partial charge on any atom is 0.252 e. The fourth-order valence-corrected chi connectivity index (χ4v) is 3.57. The lowest BCUT2D eigenvalue weighted by molar-refractivity contribution is 0.0939. The van der Waals surface area contributed by atoms with Crippen LogP contribution in [0.5, 0.6) is 5.88 Å². The highest BCUT2D eigenvalue weighted by Gasteiger charge is 2.17. The number of nitrogens with one attached hydrogen (secondary N) is 1. The maximum atomic E-state index is 12.9. The molecule has 0 aliphatic heterocycles. The summed E-state index contributed by atoms with van der Waals surface area (Å²) in [4.78, 5) is 21.9. The molecule has 0 fully saturated rings. The summed E-state index contributed by atoms with van der Waals surface area (Å²) in [5.41, 5.74) is 5.23. The van der Waals surface area contributed by atoms with Gasteiger partial charge in [0.25, 0.3) is 5.91 Å². The van der Waals surface area contributed by atoms with Crippen molar-refractivity contribution in [3.05, 3.63) is 89.6 Å². The fourth-order valence-electron chi connectivity index (χ4n) is 3.57. The van der Waals surface area contributed by atoms with Crippen LogP contribution >= 0.6 is 0 Å². The lowest BCUT2D eigenvalue weighted by Crippen LogP contribution is -2.27. The lowest BCUT2D eigenvalue weighted by Gasteiger charge is -2.18. The molecule has 4 rings (SSSR count). The molecule has 0 saturated carbocycles. The maximum absolute atomic E-state index is 12.9. The normalized spacial score (nSPS) is 11.8. The molecule has 1 unspecified atom stereocenters. The Balaban J connectivity index is 1.75. The summed E-state index contributed by atoms with van der Waals surface area (Å²) in [6.07, 6.45) is 1.70. The van der Waals surface area contributed by atoms with Crippen molar-refractivity contribution in [3.63, 3.8) is 0 Å². The van der Waals surface area contributed by atoms with E-state index >= 15 is 0 Å². The summed E-state index contributed by atoms with van der Waals surface area (Å²) in [7, 11) is 1.59. The van der Waals surface area contributed by atoms with Crippen LogP contribution in [-0.2, 0) is 0 Å². The molecule has 0 aliphatic carbocycles. The van der Waals surface area contributed by atoms with Crippen molar-refractivity contribution in [2.45, 2.75) is 19.9 Å². The molecule has 2 heterocycles. The van der Waals surface area contributed by atoms with E-state index < -0.39 is 0 Å². The van der Waals surface area contributed by atoms with Crippen LogP contribution < -0.4 is 10.1 Å². The Morgan fingerprint density at radius 2 is 1.80 bits per heavy atom. The highest BCUT2D eigenvalue weighted by molar-refractivity contribution is 5.96. The van der Waals surface area contributed by atoms with Crippen molar-refractivity contribution in [2.75, 3.05) is 7.11 Å². The molecule has 0 bridgehead atoms. The number of methoxy groups -OCH3 is 1. The second-order valence-electron chi connectivity index (χ2n) is 7.21. The van der Waals surface area contributed by atoms with E-state index in [1.54, 1.807) is 13.3 Å². The number of aryl methyl sites for hydroxylation is 1. The molecule has 1 amide bonds. The third-order valence-electron chi connectivity index (χ3n) is 5.19. The van der Waals surface area contributed by atoms with Crippen LogP contribution in [0.25, 0.3) is 22.2 Å². The average molecular weight is 397 g/mol.